The molecule has 0 amide bonds. The Morgan fingerprint density at radius 1 is 1.25 bits per heavy atom. The lowest BCUT2D eigenvalue weighted by atomic mass is 9.79. The van der Waals surface area contributed by atoms with E-state index in [2.05, 4.69) is 48.5 Å². The van der Waals surface area contributed by atoms with Crippen LogP contribution in [-0.4, -0.2) is 22.8 Å². The van der Waals surface area contributed by atoms with Gasteiger partial charge >= 0.3 is 6.01 Å². The van der Waals surface area contributed by atoms with Crippen LogP contribution in [0.5, 0.6) is 0 Å². The molecule has 20 heavy (non-hydrogen) atoms. The van der Waals surface area contributed by atoms with Gasteiger partial charge in [0.2, 0.25) is 5.89 Å². The third-order valence-corrected chi connectivity index (χ3v) is 4.44. The van der Waals surface area contributed by atoms with Crippen molar-refractivity contribution in [2.45, 2.75) is 65.5 Å². The summed E-state index contributed by atoms with van der Waals surface area (Å²) in [6, 6.07) is 1.15. The first-order chi connectivity index (χ1) is 9.60. The molecule has 2 N–H and O–H groups in total. The van der Waals surface area contributed by atoms with Crippen LogP contribution in [0.3, 0.4) is 0 Å². The van der Waals surface area contributed by atoms with Crippen molar-refractivity contribution in [2.75, 3.05) is 11.9 Å². The van der Waals surface area contributed by atoms with Gasteiger partial charge in [-0.3, -0.25) is 0 Å². The van der Waals surface area contributed by atoms with Gasteiger partial charge in [-0.2, -0.15) is 0 Å². The summed E-state index contributed by atoms with van der Waals surface area (Å²) in [5, 5.41) is 15.0. The van der Waals surface area contributed by atoms with Crippen molar-refractivity contribution in [3.8, 4) is 0 Å². The lowest BCUT2D eigenvalue weighted by molar-refractivity contribution is 0.258. The standard InChI is InChI=1S/C15H28N4O/c1-5-8-16-12(4)14-18-19-15(20-14)17-13-7-6-10(2)11(3)9-13/h10-13,16H,5-9H2,1-4H3,(H,17,19). The van der Waals surface area contributed by atoms with Gasteiger partial charge < -0.3 is 15.1 Å². The summed E-state index contributed by atoms with van der Waals surface area (Å²) in [5.74, 6) is 2.25. The predicted octanol–water partition coefficient (Wildman–Crippen LogP) is 3.37. The minimum absolute atomic E-state index is 0.114. The average molecular weight is 280 g/mol. The van der Waals surface area contributed by atoms with Crippen molar-refractivity contribution in [3.63, 3.8) is 0 Å². The molecule has 0 aliphatic heterocycles. The fourth-order valence-corrected chi connectivity index (χ4v) is 2.77. The van der Waals surface area contributed by atoms with Crippen molar-refractivity contribution in [2.24, 2.45) is 11.8 Å². The number of nitrogens with one attached hydrogen (secondary N) is 2. The maximum Gasteiger partial charge on any atom is 0.315 e. The number of hydrogen-bond donors (Lipinski definition) is 2. The zero-order chi connectivity index (χ0) is 14.5. The molecular weight excluding hydrogens is 252 g/mol. The summed E-state index contributed by atoms with van der Waals surface area (Å²) in [5.41, 5.74) is 0. The summed E-state index contributed by atoms with van der Waals surface area (Å²) < 4.78 is 5.71. The molecule has 1 aromatic rings. The molecule has 0 aromatic carbocycles. The SMILES string of the molecule is CCCNC(C)c1nnc(NC2CCC(C)C(C)C2)o1. The van der Waals surface area contributed by atoms with Crippen LogP contribution in [-0.2, 0) is 0 Å². The molecule has 1 fully saturated rings. The molecule has 2 rings (SSSR count). The van der Waals surface area contributed by atoms with Gasteiger partial charge in [0.25, 0.3) is 0 Å². The van der Waals surface area contributed by atoms with Gasteiger partial charge in [-0.1, -0.05) is 25.9 Å². The zero-order valence-electron chi connectivity index (χ0n) is 13.1. The van der Waals surface area contributed by atoms with Crippen LogP contribution in [0.4, 0.5) is 6.01 Å². The van der Waals surface area contributed by atoms with Crippen molar-refractivity contribution in [1.82, 2.24) is 15.5 Å². The molecule has 114 valence electrons. The Balaban J connectivity index is 1.86. The summed E-state index contributed by atoms with van der Waals surface area (Å²) in [6.07, 6.45) is 4.74. The summed E-state index contributed by atoms with van der Waals surface area (Å²) in [6.45, 7) is 9.83. The van der Waals surface area contributed by atoms with Crippen LogP contribution < -0.4 is 10.6 Å². The summed E-state index contributed by atoms with van der Waals surface area (Å²) in [4.78, 5) is 0. The zero-order valence-corrected chi connectivity index (χ0v) is 13.1. The van der Waals surface area contributed by atoms with Crippen LogP contribution in [0.15, 0.2) is 4.42 Å². The molecule has 0 saturated heterocycles. The van der Waals surface area contributed by atoms with Gasteiger partial charge in [-0.15, -0.1) is 5.10 Å². The Morgan fingerprint density at radius 3 is 2.75 bits per heavy atom. The Morgan fingerprint density at radius 2 is 2.05 bits per heavy atom. The number of aromatic nitrogens is 2. The molecule has 1 aliphatic rings. The van der Waals surface area contributed by atoms with Gasteiger partial charge in [0, 0.05) is 6.04 Å². The Hall–Kier alpha value is -1.10. The van der Waals surface area contributed by atoms with E-state index in [0.29, 0.717) is 17.9 Å². The Labute approximate surface area is 121 Å². The highest BCUT2D eigenvalue weighted by Gasteiger charge is 2.25. The minimum Gasteiger partial charge on any atom is -0.406 e. The third kappa shape index (κ3) is 3.95. The van der Waals surface area contributed by atoms with E-state index < -0.39 is 0 Å². The highest BCUT2D eigenvalue weighted by atomic mass is 16.4. The molecule has 4 unspecified atom stereocenters. The first-order valence-electron chi connectivity index (χ1n) is 7.93. The maximum atomic E-state index is 5.71. The lowest BCUT2D eigenvalue weighted by Gasteiger charge is -2.31. The molecule has 5 heteroatoms. The molecule has 1 heterocycles. The topological polar surface area (TPSA) is 63.0 Å². The van der Waals surface area contributed by atoms with E-state index in [1.54, 1.807) is 0 Å². The Bertz CT molecular complexity index is 406. The van der Waals surface area contributed by atoms with E-state index in [9.17, 15) is 0 Å². The van der Waals surface area contributed by atoms with E-state index in [1.165, 1.54) is 19.3 Å². The highest BCUT2D eigenvalue weighted by Crippen LogP contribution is 2.30. The molecule has 1 aromatic heterocycles. The maximum absolute atomic E-state index is 5.71. The number of nitrogens with zero attached hydrogens (tertiary/aromatic N) is 2. The predicted molar refractivity (Wildman–Crippen MR) is 80.6 cm³/mol. The van der Waals surface area contributed by atoms with Crippen molar-refractivity contribution in [3.05, 3.63) is 5.89 Å². The number of rotatable bonds is 6. The van der Waals surface area contributed by atoms with Gasteiger partial charge in [0.05, 0.1) is 6.04 Å². The van der Waals surface area contributed by atoms with E-state index in [1.807, 2.05) is 0 Å². The number of anilines is 1. The van der Waals surface area contributed by atoms with Crippen LogP contribution in [0.2, 0.25) is 0 Å². The third-order valence-electron chi connectivity index (χ3n) is 4.44. The second kappa shape index (κ2) is 7.07. The lowest BCUT2D eigenvalue weighted by Crippen LogP contribution is -2.30. The fraction of sp³-hybridized carbons (Fsp3) is 0.867. The first-order valence-corrected chi connectivity index (χ1v) is 7.93. The normalized spacial score (nSPS) is 28.3. The molecule has 4 atom stereocenters. The van der Waals surface area contributed by atoms with Crippen LogP contribution >= 0.6 is 0 Å². The molecule has 0 bridgehead atoms. The van der Waals surface area contributed by atoms with Gasteiger partial charge in [0.15, 0.2) is 0 Å². The van der Waals surface area contributed by atoms with Crippen molar-refractivity contribution < 1.29 is 4.42 Å². The van der Waals surface area contributed by atoms with Gasteiger partial charge in [-0.25, -0.2) is 0 Å². The monoisotopic (exact) mass is 280 g/mol. The van der Waals surface area contributed by atoms with Crippen LogP contribution in [0, 0.1) is 11.8 Å². The van der Waals surface area contributed by atoms with Crippen molar-refractivity contribution >= 4 is 6.01 Å². The van der Waals surface area contributed by atoms with E-state index in [4.69, 9.17) is 4.42 Å². The molecular formula is C15H28N4O. The summed E-state index contributed by atoms with van der Waals surface area (Å²) >= 11 is 0. The molecule has 0 radical (unpaired) electrons. The molecule has 0 spiro atoms. The van der Waals surface area contributed by atoms with Crippen LogP contribution in [0.1, 0.15) is 65.3 Å². The van der Waals surface area contributed by atoms with Gasteiger partial charge in [-0.05, 0) is 51.0 Å². The molecule has 1 saturated carbocycles. The average Bonchev–Trinajstić information content (AvgIpc) is 2.89. The second-order valence-electron chi connectivity index (χ2n) is 6.23. The molecule has 5 nitrogen and oxygen atoms in total. The van der Waals surface area contributed by atoms with Crippen LogP contribution in [0.25, 0.3) is 0 Å². The number of hydrogen-bond acceptors (Lipinski definition) is 5. The summed E-state index contributed by atoms with van der Waals surface area (Å²) in [7, 11) is 0. The highest BCUT2D eigenvalue weighted by molar-refractivity contribution is 5.20. The first kappa shape index (κ1) is 15.3. The second-order valence-corrected chi connectivity index (χ2v) is 6.23. The smallest absolute Gasteiger partial charge is 0.315 e. The van der Waals surface area contributed by atoms with E-state index in [0.717, 1.165) is 24.8 Å². The van der Waals surface area contributed by atoms with Crippen molar-refractivity contribution in [1.29, 1.82) is 0 Å². The Kier molecular flexibility index (Phi) is 5.40. The largest absolute Gasteiger partial charge is 0.406 e. The molecule has 1 aliphatic carbocycles. The van der Waals surface area contributed by atoms with Gasteiger partial charge in [0.1, 0.15) is 0 Å². The quantitative estimate of drug-likeness (QED) is 0.836. The minimum atomic E-state index is 0.114. The van der Waals surface area contributed by atoms with E-state index in [-0.39, 0.29) is 6.04 Å². The van der Waals surface area contributed by atoms with E-state index >= 15 is 0 Å². The fourth-order valence-electron chi connectivity index (χ4n) is 2.77.